The average molecular weight is 441 g/mol. The van der Waals surface area contributed by atoms with Crippen molar-refractivity contribution in [1.29, 1.82) is 0 Å². The van der Waals surface area contributed by atoms with E-state index in [1.165, 1.54) is 89.9 Å². The van der Waals surface area contributed by atoms with E-state index in [0.717, 1.165) is 51.7 Å². The van der Waals surface area contributed by atoms with E-state index < -0.39 is 0 Å². The minimum absolute atomic E-state index is 0.0413. The Morgan fingerprint density at radius 3 is 1.42 bits per heavy atom. The Balaban J connectivity index is 3.84. The smallest absolute Gasteiger partial charge is 0.157 e. The van der Waals surface area contributed by atoms with Crippen molar-refractivity contribution >= 4 is 0 Å². The Bertz CT molecular complexity index is 321. The molecule has 0 aromatic carbocycles. The number of rotatable bonds is 26. The molecule has 0 aliphatic heterocycles. The molecule has 0 amide bonds. The van der Waals surface area contributed by atoms with Crippen LogP contribution >= 0.6 is 0 Å². The number of aliphatic hydroxyl groups is 1. The highest BCUT2D eigenvalue weighted by atomic mass is 16.7. The van der Waals surface area contributed by atoms with Crippen molar-refractivity contribution in [2.24, 2.45) is 0 Å². The fourth-order valence-electron chi connectivity index (χ4n) is 3.83. The Labute approximate surface area is 195 Å². The van der Waals surface area contributed by atoms with E-state index in [1.807, 2.05) is 0 Å². The maximum Gasteiger partial charge on any atom is 0.157 e. The highest BCUT2D eigenvalue weighted by Crippen LogP contribution is 2.13. The molecule has 0 bridgehead atoms. The number of allylic oxidation sites excluding steroid dienone is 1. The molecule has 1 N–H and O–H groups in total. The third-order valence-corrected chi connectivity index (χ3v) is 5.88. The molecule has 0 fully saturated rings. The Hall–Kier alpha value is -0.380. The van der Waals surface area contributed by atoms with Crippen LogP contribution in [0.4, 0.5) is 0 Å². The van der Waals surface area contributed by atoms with Gasteiger partial charge in [0.2, 0.25) is 0 Å². The molecule has 0 heterocycles. The zero-order chi connectivity index (χ0) is 22.7. The summed E-state index contributed by atoms with van der Waals surface area (Å²) >= 11 is 0. The zero-order valence-corrected chi connectivity index (χ0v) is 21.3. The van der Waals surface area contributed by atoms with Crippen LogP contribution in [0, 0.1) is 0 Å². The molecular formula is C28H56O3. The molecule has 0 atom stereocenters. The summed E-state index contributed by atoms with van der Waals surface area (Å²) in [7, 11) is 0. The second-order valence-corrected chi connectivity index (χ2v) is 9.04. The topological polar surface area (TPSA) is 38.7 Å². The van der Waals surface area contributed by atoms with E-state index in [4.69, 9.17) is 14.6 Å². The normalized spacial score (nSPS) is 11.9. The molecule has 3 heteroatoms. The molecule has 0 spiro atoms. The summed E-state index contributed by atoms with van der Waals surface area (Å²) < 4.78 is 12.2. The summed E-state index contributed by atoms with van der Waals surface area (Å²) in [6.07, 6.45) is 29.3. The van der Waals surface area contributed by atoms with Crippen LogP contribution in [0.3, 0.4) is 0 Å². The van der Waals surface area contributed by atoms with Crippen molar-refractivity contribution < 1.29 is 14.6 Å². The van der Waals surface area contributed by atoms with Crippen molar-refractivity contribution in [1.82, 2.24) is 0 Å². The van der Waals surface area contributed by atoms with Crippen LogP contribution < -0.4 is 0 Å². The van der Waals surface area contributed by atoms with E-state index in [9.17, 15) is 0 Å². The van der Waals surface area contributed by atoms with Gasteiger partial charge in [-0.25, -0.2) is 0 Å². The lowest BCUT2D eigenvalue weighted by Crippen LogP contribution is -2.19. The van der Waals surface area contributed by atoms with E-state index >= 15 is 0 Å². The number of hydrogen-bond donors (Lipinski definition) is 1. The summed E-state index contributed by atoms with van der Waals surface area (Å²) in [5.74, 6) is 0. The van der Waals surface area contributed by atoms with E-state index in [-0.39, 0.29) is 12.9 Å². The van der Waals surface area contributed by atoms with Gasteiger partial charge in [0.15, 0.2) is 6.29 Å². The van der Waals surface area contributed by atoms with Crippen molar-refractivity contribution in [3.05, 3.63) is 12.2 Å². The number of hydrogen-bond acceptors (Lipinski definition) is 3. The quantitative estimate of drug-likeness (QED) is 0.0830. The standard InChI is InChI=1S/C28H56O3/c1-3-5-7-9-11-13-18-22-26-30-28(24-20-16-15-17-21-25-29)31-27-23-19-14-12-10-8-6-4-2/h15,17,28-29H,3-14,16,18-27H2,1-2H3/b17-15-. The lowest BCUT2D eigenvalue weighted by molar-refractivity contribution is -0.147. The highest BCUT2D eigenvalue weighted by Gasteiger charge is 2.09. The molecule has 186 valence electrons. The molecule has 3 nitrogen and oxygen atoms in total. The van der Waals surface area contributed by atoms with Gasteiger partial charge in [-0.15, -0.1) is 0 Å². The van der Waals surface area contributed by atoms with Crippen LogP contribution in [0.1, 0.15) is 142 Å². The predicted octanol–water partition coefficient (Wildman–Crippen LogP) is 8.74. The minimum atomic E-state index is -0.0413. The molecule has 0 aliphatic carbocycles. The van der Waals surface area contributed by atoms with Crippen LogP contribution in [-0.4, -0.2) is 31.2 Å². The van der Waals surface area contributed by atoms with E-state index in [0.29, 0.717) is 0 Å². The molecule has 0 saturated heterocycles. The van der Waals surface area contributed by atoms with Crippen LogP contribution in [0.25, 0.3) is 0 Å². The second kappa shape index (κ2) is 27.7. The number of unbranched alkanes of at least 4 members (excludes halogenated alkanes) is 15. The summed E-state index contributed by atoms with van der Waals surface area (Å²) in [6.45, 7) is 6.45. The summed E-state index contributed by atoms with van der Waals surface area (Å²) in [6, 6.07) is 0. The summed E-state index contributed by atoms with van der Waals surface area (Å²) in [5, 5.41) is 8.84. The molecule has 0 saturated carbocycles. The van der Waals surface area contributed by atoms with Crippen LogP contribution in [0.15, 0.2) is 12.2 Å². The van der Waals surface area contributed by atoms with Crippen molar-refractivity contribution in [2.45, 2.75) is 149 Å². The van der Waals surface area contributed by atoms with Gasteiger partial charge in [-0.3, -0.25) is 0 Å². The molecule has 0 aliphatic rings. The molecule has 0 radical (unpaired) electrons. The zero-order valence-electron chi connectivity index (χ0n) is 21.3. The first kappa shape index (κ1) is 30.6. The van der Waals surface area contributed by atoms with Crippen molar-refractivity contribution in [3.63, 3.8) is 0 Å². The first-order chi connectivity index (χ1) is 15.3. The van der Waals surface area contributed by atoms with Crippen LogP contribution in [0.5, 0.6) is 0 Å². The van der Waals surface area contributed by atoms with Gasteiger partial charge < -0.3 is 14.6 Å². The minimum Gasteiger partial charge on any atom is -0.396 e. The van der Waals surface area contributed by atoms with Gasteiger partial charge in [0, 0.05) is 19.8 Å². The van der Waals surface area contributed by atoms with Crippen LogP contribution in [-0.2, 0) is 9.47 Å². The maximum absolute atomic E-state index is 8.84. The highest BCUT2D eigenvalue weighted by molar-refractivity contribution is 4.81. The third-order valence-electron chi connectivity index (χ3n) is 5.88. The molecule has 0 aromatic rings. The van der Waals surface area contributed by atoms with E-state index in [1.54, 1.807) is 0 Å². The second-order valence-electron chi connectivity index (χ2n) is 9.04. The van der Waals surface area contributed by atoms with Gasteiger partial charge in [0.05, 0.1) is 0 Å². The monoisotopic (exact) mass is 440 g/mol. The summed E-state index contributed by atoms with van der Waals surface area (Å²) in [4.78, 5) is 0. The maximum atomic E-state index is 8.84. The first-order valence-electron chi connectivity index (χ1n) is 13.8. The largest absolute Gasteiger partial charge is 0.396 e. The van der Waals surface area contributed by atoms with Gasteiger partial charge in [0.1, 0.15) is 0 Å². The lowest BCUT2D eigenvalue weighted by atomic mass is 10.1. The Morgan fingerprint density at radius 2 is 0.968 bits per heavy atom. The summed E-state index contributed by atoms with van der Waals surface area (Å²) in [5.41, 5.74) is 0. The van der Waals surface area contributed by atoms with Gasteiger partial charge in [0.25, 0.3) is 0 Å². The number of aliphatic hydroxyl groups excluding tert-OH is 1. The molecule has 31 heavy (non-hydrogen) atoms. The molecule has 0 aromatic heterocycles. The fourth-order valence-corrected chi connectivity index (χ4v) is 3.83. The lowest BCUT2D eigenvalue weighted by Gasteiger charge is -2.18. The van der Waals surface area contributed by atoms with Gasteiger partial charge in [-0.2, -0.15) is 0 Å². The van der Waals surface area contributed by atoms with Crippen LogP contribution in [0.2, 0.25) is 0 Å². The van der Waals surface area contributed by atoms with Gasteiger partial charge >= 0.3 is 0 Å². The van der Waals surface area contributed by atoms with Crippen molar-refractivity contribution in [2.75, 3.05) is 19.8 Å². The van der Waals surface area contributed by atoms with Gasteiger partial charge in [-0.1, -0.05) is 116 Å². The third kappa shape index (κ3) is 25.8. The Morgan fingerprint density at radius 1 is 0.548 bits per heavy atom. The molecule has 0 rings (SSSR count). The average Bonchev–Trinajstić information content (AvgIpc) is 2.78. The number of ether oxygens (including phenoxy) is 2. The fraction of sp³-hybridized carbons (Fsp3) is 0.929. The first-order valence-corrected chi connectivity index (χ1v) is 13.8. The molecule has 0 unspecified atom stereocenters. The predicted molar refractivity (Wildman–Crippen MR) is 136 cm³/mol. The SMILES string of the molecule is CCCCCCCCCCOC(CCC/C=C\CCO)OCCCCCCCCCC. The molecular weight excluding hydrogens is 384 g/mol. The van der Waals surface area contributed by atoms with E-state index in [2.05, 4.69) is 26.0 Å². The Kier molecular flexibility index (Phi) is 27.3. The van der Waals surface area contributed by atoms with Gasteiger partial charge in [-0.05, 0) is 38.5 Å². The van der Waals surface area contributed by atoms with Crippen molar-refractivity contribution in [3.8, 4) is 0 Å².